The fraction of sp³-hybridized carbons (Fsp3) is 0.0435. The van der Waals surface area contributed by atoms with Gasteiger partial charge in [-0.3, -0.25) is 5.32 Å². The monoisotopic (exact) mass is 447 g/mol. The molecule has 160 valence electrons. The third kappa shape index (κ3) is 5.71. The van der Waals surface area contributed by atoms with E-state index in [0.717, 1.165) is 11.1 Å². The first-order valence-electron chi connectivity index (χ1n) is 9.62. The number of anilines is 1. The van der Waals surface area contributed by atoms with Gasteiger partial charge in [-0.05, 0) is 35.4 Å². The molecule has 9 heteroatoms. The van der Waals surface area contributed by atoms with Crippen molar-refractivity contribution < 1.29 is 13.9 Å². The number of carbonyl (C=O) groups excluding carboxylic acids is 1. The zero-order valence-corrected chi connectivity index (χ0v) is 17.5. The molecule has 3 aromatic carbocycles. The number of amides is 2. The summed E-state index contributed by atoms with van der Waals surface area (Å²) in [5.74, 6) is 0.803. The Bertz CT molecular complexity index is 1210. The lowest BCUT2D eigenvalue weighted by atomic mass is 10.2. The molecule has 0 fully saturated rings. The lowest BCUT2D eigenvalue weighted by molar-refractivity contribution is 0.252. The minimum atomic E-state index is -0.626. The normalized spacial score (nSPS) is 10.8. The molecule has 2 N–H and O–H groups in total. The summed E-state index contributed by atoms with van der Waals surface area (Å²) in [6.07, 6.45) is 1.48. The highest BCUT2D eigenvalue weighted by Crippen LogP contribution is 2.30. The van der Waals surface area contributed by atoms with Crippen molar-refractivity contribution in [1.82, 2.24) is 15.6 Å². The first-order chi connectivity index (χ1) is 15.7. The summed E-state index contributed by atoms with van der Waals surface area (Å²) < 4.78 is 11.5. The van der Waals surface area contributed by atoms with Gasteiger partial charge in [0, 0.05) is 5.02 Å². The second kappa shape index (κ2) is 10.2. The Hall–Kier alpha value is -4.17. The Kier molecular flexibility index (Phi) is 6.74. The maximum atomic E-state index is 12.0. The van der Waals surface area contributed by atoms with E-state index in [4.69, 9.17) is 20.8 Å². The fourth-order valence-electron chi connectivity index (χ4n) is 2.73. The lowest BCUT2D eigenvalue weighted by Gasteiger charge is -2.09. The summed E-state index contributed by atoms with van der Waals surface area (Å²) >= 11 is 5.83. The van der Waals surface area contributed by atoms with Crippen molar-refractivity contribution in [2.45, 2.75) is 6.61 Å². The molecule has 0 bridgehead atoms. The van der Waals surface area contributed by atoms with Crippen molar-refractivity contribution in [3.8, 4) is 17.2 Å². The van der Waals surface area contributed by atoms with Gasteiger partial charge in [-0.15, -0.1) is 5.10 Å². The Morgan fingerprint density at radius 1 is 1.00 bits per heavy atom. The lowest BCUT2D eigenvalue weighted by Crippen LogP contribution is -2.24. The molecule has 0 unspecified atom stereocenters. The standard InChI is InChI=1S/C23H18ClN5O3/c24-18-12-10-16(11-13-18)14-25-28-22(30)26-23-29-27-21(32-23)19-8-4-5-9-20(19)31-15-17-6-2-1-3-7-17/h1-14H,15H2,(H2,26,28,29,30)/b25-14+. The molecule has 4 aromatic rings. The number of carbonyl (C=O) groups is 1. The molecule has 0 saturated heterocycles. The molecular weight excluding hydrogens is 430 g/mol. The number of ether oxygens (including phenoxy) is 1. The van der Waals surface area contributed by atoms with E-state index in [1.54, 1.807) is 30.3 Å². The molecule has 0 saturated carbocycles. The van der Waals surface area contributed by atoms with E-state index in [1.807, 2.05) is 48.5 Å². The average Bonchev–Trinajstić information content (AvgIpc) is 3.28. The summed E-state index contributed by atoms with van der Waals surface area (Å²) in [6.45, 7) is 0.394. The molecule has 2 amide bonds. The molecule has 0 radical (unpaired) electrons. The summed E-state index contributed by atoms with van der Waals surface area (Å²) in [7, 11) is 0. The number of rotatable bonds is 7. The van der Waals surface area contributed by atoms with Crippen molar-refractivity contribution in [2.75, 3.05) is 5.32 Å². The maximum Gasteiger partial charge on any atom is 0.343 e. The van der Waals surface area contributed by atoms with Crippen molar-refractivity contribution in [3.05, 3.63) is 95.0 Å². The van der Waals surface area contributed by atoms with Crippen LogP contribution in [0.2, 0.25) is 5.02 Å². The van der Waals surface area contributed by atoms with Crippen LogP contribution in [0.1, 0.15) is 11.1 Å². The zero-order chi connectivity index (χ0) is 22.2. The molecule has 4 rings (SSSR count). The van der Waals surface area contributed by atoms with Crippen LogP contribution in [0.15, 0.2) is 88.4 Å². The SMILES string of the molecule is O=C(N/N=C/c1ccc(Cl)cc1)Nc1nnc(-c2ccccc2OCc2ccccc2)o1. The molecular formula is C23H18ClN5O3. The molecule has 0 aliphatic rings. The van der Waals surface area contributed by atoms with Gasteiger partial charge >= 0.3 is 12.0 Å². The summed E-state index contributed by atoms with van der Waals surface area (Å²) in [4.78, 5) is 12.0. The van der Waals surface area contributed by atoms with Gasteiger partial charge in [0.1, 0.15) is 12.4 Å². The van der Waals surface area contributed by atoms with Crippen LogP contribution in [0.25, 0.3) is 11.5 Å². The Labute approximate surface area is 188 Å². The number of aromatic nitrogens is 2. The van der Waals surface area contributed by atoms with Gasteiger partial charge < -0.3 is 9.15 Å². The van der Waals surface area contributed by atoms with Crippen molar-refractivity contribution in [3.63, 3.8) is 0 Å². The van der Waals surface area contributed by atoms with Crippen LogP contribution in [0.4, 0.5) is 10.8 Å². The summed E-state index contributed by atoms with van der Waals surface area (Å²) in [6, 6.07) is 23.4. The molecule has 0 atom stereocenters. The molecule has 0 aliphatic heterocycles. The first-order valence-corrected chi connectivity index (χ1v) is 10.0. The minimum Gasteiger partial charge on any atom is -0.488 e. The number of nitrogens with one attached hydrogen (secondary N) is 2. The van der Waals surface area contributed by atoms with Crippen LogP contribution in [-0.4, -0.2) is 22.4 Å². The van der Waals surface area contributed by atoms with Crippen LogP contribution < -0.4 is 15.5 Å². The van der Waals surface area contributed by atoms with E-state index in [0.29, 0.717) is 22.9 Å². The topological polar surface area (TPSA) is 102 Å². The van der Waals surface area contributed by atoms with Gasteiger partial charge in [0.15, 0.2) is 0 Å². The van der Waals surface area contributed by atoms with Crippen molar-refractivity contribution in [1.29, 1.82) is 0 Å². The number of urea groups is 1. The molecule has 1 aromatic heterocycles. The number of nitrogens with zero attached hydrogens (tertiary/aromatic N) is 3. The Morgan fingerprint density at radius 2 is 1.75 bits per heavy atom. The molecule has 0 spiro atoms. The number of para-hydroxylation sites is 1. The van der Waals surface area contributed by atoms with Crippen LogP contribution in [-0.2, 0) is 6.61 Å². The second-order valence-electron chi connectivity index (χ2n) is 6.56. The fourth-order valence-corrected chi connectivity index (χ4v) is 2.85. The van der Waals surface area contributed by atoms with Crippen LogP contribution in [0.3, 0.4) is 0 Å². The van der Waals surface area contributed by atoms with Crippen LogP contribution in [0, 0.1) is 0 Å². The predicted molar refractivity (Wildman–Crippen MR) is 122 cm³/mol. The smallest absolute Gasteiger partial charge is 0.343 e. The zero-order valence-electron chi connectivity index (χ0n) is 16.7. The number of halogens is 1. The number of hydrazone groups is 1. The Balaban J connectivity index is 1.37. The predicted octanol–water partition coefficient (Wildman–Crippen LogP) is 5.12. The van der Waals surface area contributed by atoms with Gasteiger partial charge in [0.2, 0.25) is 0 Å². The van der Waals surface area contributed by atoms with Crippen molar-refractivity contribution in [2.24, 2.45) is 5.10 Å². The first kappa shape index (κ1) is 21.1. The summed E-state index contributed by atoms with van der Waals surface area (Å²) in [5, 5.41) is 14.8. The molecule has 8 nitrogen and oxygen atoms in total. The number of hydrogen-bond donors (Lipinski definition) is 2. The third-order valence-corrected chi connectivity index (χ3v) is 4.50. The van der Waals surface area contributed by atoms with Gasteiger partial charge in [-0.1, -0.05) is 71.3 Å². The number of benzene rings is 3. The minimum absolute atomic E-state index is 0.0722. The van der Waals surface area contributed by atoms with E-state index >= 15 is 0 Å². The van der Waals surface area contributed by atoms with E-state index in [9.17, 15) is 4.79 Å². The molecule has 1 heterocycles. The highest BCUT2D eigenvalue weighted by atomic mass is 35.5. The molecule has 0 aliphatic carbocycles. The van der Waals surface area contributed by atoms with Gasteiger partial charge in [-0.25, -0.2) is 10.2 Å². The highest BCUT2D eigenvalue weighted by molar-refractivity contribution is 6.30. The van der Waals surface area contributed by atoms with E-state index < -0.39 is 6.03 Å². The largest absolute Gasteiger partial charge is 0.488 e. The quantitative estimate of drug-likeness (QED) is 0.302. The van der Waals surface area contributed by atoms with Gasteiger partial charge in [0.25, 0.3) is 5.89 Å². The van der Waals surface area contributed by atoms with E-state index in [1.165, 1.54) is 6.21 Å². The van der Waals surface area contributed by atoms with Crippen molar-refractivity contribution >= 4 is 29.9 Å². The highest BCUT2D eigenvalue weighted by Gasteiger charge is 2.15. The molecule has 32 heavy (non-hydrogen) atoms. The van der Waals surface area contributed by atoms with E-state index in [2.05, 4.69) is 26.0 Å². The average molecular weight is 448 g/mol. The van der Waals surface area contributed by atoms with Crippen LogP contribution >= 0.6 is 11.6 Å². The maximum absolute atomic E-state index is 12.0. The van der Waals surface area contributed by atoms with Gasteiger partial charge in [0.05, 0.1) is 11.8 Å². The number of hydrogen-bond acceptors (Lipinski definition) is 6. The third-order valence-electron chi connectivity index (χ3n) is 4.25. The van der Waals surface area contributed by atoms with Gasteiger partial charge in [-0.2, -0.15) is 5.10 Å². The summed E-state index contributed by atoms with van der Waals surface area (Å²) in [5.41, 5.74) is 4.76. The Morgan fingerprint density at radius 3 is 2.56 bits per heavy atom. The van der Waals surface area contributed by atoms with E-state index in [-0.39, 0.29) is 11.9 Å². The van der Waals surface area contributed by atoms with Crippen LogP contribution in [0.5, 0.6) is 5.75 Å². The second-order valence-corrected chi connectivity index (χ2v) is 6.99.